The van der Waals surface area contributed by atoms with E-state index in [0.717, 1.165) is 11.3 Å². The van der Waals surface area contributed by atoms with Crippen molar-refractivity contribution in [1.29, 1.82) is 0 Å². The number of esters is 1. The molecule has 0 aliphatic heterocycles. The topological polar surface area (TPSA) is 80.6 Å². The zero-order chi connectivity index (χ0) is 20.6. The highest BCUT2D eigenvalue weighted by atomic mass is 35.5. The van der Waals surface area contributed by atoms with Gasteiger partial charge in [-0.05, 0) is 42.8 Å². The van der Waals surface area contributed by atoms with Gasteiger partial charge in [0.15, 0.2) is 6.61 Å². The minimum absolute atomic E-state index is 0.308. The van der Waals surface area contributed by atoms with Crippen LogP contribution in [0.25, 0.3) is 0 Å². The van der Waals surface area contributed by atoms with Crippen LogP contribution in [0.3, 0.4) is 0 Å². The maximum Gasteiger partial charge on any atom is 0.340 e. The molecule has 0 radical (unpaired) electrons. The molecule has 1 aromatic heterocycles. The summed E-state index contributed by atoms with van der Waals surface area (Å²) in [7, 11) is 0. The van der Waals surface area contributed by atoms with Gasteiger partial charge >= 0.3 is 5.97 Å². The van der Waals surface area contributed by atoms with Crippen LogP contribution in [-0.2, 0) is 16.1 Å². The molecule has 1 atom stereocenters. The molecule has 7 heteroatoms. The highest BCUT2D eigenvalue weighted by Gasteiger charge is 2.16. The summed E-state index contributed by atoms with van der Waals surface area (Å²) in [6, 6.07) is 17.5. The number of ether oxygens (including phenoxy) is 1. The molecular formula is C22H21ClN2O4. The smallest absolute Gasteiger partial charge is 0.340 e. The molecule has 0 unspecified atom stereocenters. The van der Waals surface area contributed by atoms with Gasteiger partial charge in [-0.3, -0.25) is 4.79 Å². The Bertz CT molecular complexity index is 972. The molecule has 0 fully saturated rings. The van der Waals surface area contributed by atoms with Crippen molar-refractivity contribution in [2.45, 2.75) is 19.5 Å². The number of furan rings is 1. The Hall–Kier alpha value is -3.25. The number of halogens is 1. The largest absolute Gasteiger partial charge is 0.467 e. The summed E-state index contributed by atoms with van der Waals surface area (Å²) in [5.41, 5.74) is 1.73. The van der Waals surface area contributed by atoms with Crippen LogP contribution >= 0.6 is 11.6 Å². The fourth-order valence-corrected chi connectivity index (χ4v) is 3.11. The van der Waals surface area contributed by atoms with Gasteiger partial charge in [0.05, 0.1) is 24.4 Å². The summed E-state index contributed by atoms with van der Waals surface area (Å²) >= 11 is 6.14. The number of nitrogens with one attached hydrogen (secondary N) is 2. The Balaban J connectivity index is 1.55. The van der Waals surface area contributed by atoms with Crippen LogP contribution in [0.1, 0.15) is 34.6 Å². The van der Waals surface area contributed by atoms with E-state index in [1.54, 1.807) is 42.7 Å². The Morgan fingerprint density at radius 1 is 1.07 bits per heavy atom. The first-order chi connectivity index (χ1) is 14.0. The van der Waals surface area contributed by atoms with Crippen molar-refractivity contribution in [3.05, 3.63) is 88.8 Å². The van der Waals surface area contributed by atoms with E-state index >= 15 is 0 Å². The first-order valence-corrected chi connectivity index (χ1v) is 9.48. The monoisotopic (exact) mass is 412 g/mol. The molecule has 0 saturated heterocycles. The van der Waals surface area contributed by atoms with Crippen molar-refractivity contribution in [2.75, 3.05) is 11.9 Å². The molecule has 0 aliphatic rings. The van der Waals surface area contributed by atoms with E-state index in [9.17, 15) is 9.59 Å². The maximum absolute atomic E-state index is 12.5. The number of anilines is 1. The van der Waals surface area contributed by atoms with Crippen LogP contribution in [0, 0.1) is 0 Å². The lowest BCUT2D eigenvalue weighted by molar-refractivity contribution is -0.124. The van der Waals surface area contributed by atoms with Crippen molar-refractivity contribution in [3.8, 4) is 0 Å². The highest BCUT2D eigenvalue weighted by Crippen LogP contribution is 2.22. The van der Waals surface area contributed by atoms with Crippen LogP contribution in [0.4, 0.5) is 5.69 Å². The lowest BCUT2D eigenvalue weighted by Gasteiger charge is -2.16. The quantitative estimate of drug-likeness (QED) is 0.529. The molecule has 3 rings (SSSR count). The number of hydrogen-bond acceptors (Lipinski definition) is 5. The van der Waals surface area contributed by atoms with Gasteiger partial charge in [-0.25, -0.2) is 4.79 Å². The third-order valence-corrected chi connectivity index (χ3v) is 4.61. The molecule has 0 spiro atoms. The molecule has 0 saturated carbocycles. The molecule has 2 aromatic carbocycles. The zero-order valence-corrected chi connectivity index (χ0v) is 16.6. The summed E-state index contributed by atoms with van der Waals surface area (Å²) in [5.74, 6) is -0.263. The molecule has 0 bridgehead atoms. The molecule has 6 nitrogen and oxygen atoms in total. The second-order valence-corrected chi connectivity index (χ2v) is 6.77. The lowest BCUT2D eigenvalue weighted by Crippen LogP contribution is -2.31. The fraction of sp³-hybridized carbons (Fsp3) is 0.182. The number of para-hydroxylation sites is 1. The minimum atomic E-state index is -0.590. The second kappa shape index (κ2) is 9.80. The van der Waals surface area contributed by atoms with Crippen LogP contribution < -0.4 is 10.6 Å². The summed E-state index contributed by atoms with van der Waals surface area (Å²) < 4.78 is 10.5. The number of amides is 1. The highest BCUT2D eigenvalue weighted by molar-refractivity contribution is 6.31. The van der Waals surface area contributed by atoms with Crippen LogP contribution in [-0.4, -0.2) is 18.5 Å². The molecule has 1 amide bonds. The van der Waals surface area contributed by atoms with E-state index in [1.807, 2.05) is 31.2 Å². The predicted molar refractivity (Wildman–Crippen MR) is 111 cm³/mol. The Labute approximate surface area is 173 Å². The first kappa shape index (κ1) is 20.5. The second-order valence-electron chi connectivity index (χ2n) is 6.37. The van der Waals surface area contributed by atoms with Gasteiger partial charge in [-0.2, -0.15) is 0 Å². The van der Waals surface area contributed by atoms with Gasteiger partial charge < -0.3 is 19.8 Å². The minimum Gasteiger partial charge on any atom is -0.467 e. The summed E-state index contributed by atoms with van der Waals surface area (Å²) in [4.78, 5) is 24.6. The van der Waals surface area contributed by atoms with Crippen molar-refractivity contribution < 1.29 is 18.7 Å². The average molecular weight is 413 g/mol. The summed E-state index contributed by atoms with van der Waals surface area (Å²) in [5, 5.41) is 6.47. The average Bonchev–Trinajstić information content (AvgIpc) is 3.24. The molecular weight excluding hydrogens is 392 g/mol. The van der Waals surface area contributed by atoms with E-state index in [2.05, 4.69) is 10.6 Å². The first-order valence-electron chi connectivity index (χ1n) is 9.11. The number of carbonyl (C=O) groups excluding carboxylic acids is 2. The fourth-order valence-electron chi connectivity index (χ4n) is 2.81. The van der Waals surface area contributed by atoms with E-state index in [1.165, 1.54) is 0 Å². The van der Waals surface area contributed by atoms with Gasteiger partial charge in [0.1, 0.15) is 5.76 Å². The van der Waals surface area contributed by atoms with Crippen molar-refractivity contribution >= 4 is 29.2 Å². The van der Waals surface area contributed by atoms with Crippen LogP contribution in [0.15, 0.2) is 71.3 Å². The van der Waals surface area contributed by atoms with Gasteiger partial charge in [0, 0.05) is 10.7 Å². The molecule has 150 valence electrons. The molecule has 0 aliphatic carbocycles. The number of hydrogen-bond donors (Lipinski definition) is 2. The van der Waals surface area contributed by atoms with Crippen LogP contribution in [0.2, 0.25) is 5.02 Å². The Kier molecular flexibility index (Phi) is 6.92. The van der Waals surface area contributed by atoms with Crippen LogP contribution in [0.5, 0.6) is 0 Å². The van der Waals surface area contributed by atoms with E-state index < -0.39 is 11.9 Å². The molecule has 29 heavy (non-hydrogen) atoms. The van der Waals surface area contributed by atoms with Crippen molar-refractivity contribution in [1.82, 2.24) is 5.32 Å². The van der Waals surface area contributed by atoms with Crippen molar-refractivity contribution in [2.24, 2.45) is 0 Å². The summed E-state index contributed by atoms with van der Waals surface area (Å²) in [6.07, 6.45) is 1.58. The van der Waals surface area contributed by atoms with Gasteiger partial charge in [0.25, 0.3) is 5.91 Å². The third kappa shape index (κ3) is 5.62. The maximum atomic E-state index is 12.5. The molecule has 3 aromatic rings. The van der Waals surface area contributed by atoms with E-state index in [-0.39, 0.29) is 12.6 Å². The summed E-state index contributed by atoms with van der Waals surface area (Å²) in [6.45, 7) is 1.85. The molecule has 2 N–H and O–H groups in total. The van der Waals surface area contributed by atoms with Gasteiger partial charge in [-0.1, -0.05) is 41.9 Å². The third-order valence-electron chi connectivity index (χ3n) is 4.26. The standard InChI is InChI=1S/C22H21ClN2O4/c1-15(17-8-2-4-10-19(17)23)25-21(26)14-29-22(27)18-9-3-5-11-20(18)24-13-16-7-6-12-28-16/h2-12,15,24H,13-14H2,1H3,(H,25,26)/t15-/m1/s1. The zero-order valence-electron chi connectivity index (χ0n) is 15.9. The van der Waals surface area contributed by atoms with E-state index in [4.69, 9.17) is 20.8 Å². The SMILES string of the molecule is C[C@@H](NC(=O)COC(=O)c1ccccc1NCc1ccco1)c1ccccc1Cl. The van der Waals surface area contributed by atoms with Gasteiger partial charge in [0.2, 0.25) is 0 Å². The predicted octanol–water partition coefficient (Wildman–Crippen LogP) is 4.58. The van der Waals surface area contributed by atoms with Gasteiger partial charge in [-0.15, -0.1) is 0 Å². The Morgan fingerprint density at radius 2 is 1.83 bits per heavy atom. The number of carbonyl (C=O) groups is 2. The van der Waals surface area contributed by atoms with E-state index in [0.29, 0.717) is 22.8 Å². The lowest BCUT2D eigenvalue weighted by atomic mass is 10.1. The normalized spacial score (nSPS) is 11.5. The number of rotatable bonds is 8. The number of benzene rings is 2. The molecule has 1 heterocycles. The van der Waals surface area contributed by atoms with Crippen molar-refractivity contribution in [3.63, 3.8) is 0 Å². The Morgan fingerprint density at radius 3 is 2.59 bits per heavy atom.